The van der Waals surface area contributed by atoms with Crippen LogP contribution in [0, 0.1) is 0 Å². The highest BCUT2D eigenvalue weighted by Crippen LogP contribution is 2.36. The van der Waals surface area contributed by atoms with Gasteiger partial charge in [-0.3, -0.25) is 14.8 Å². The fraction of sp³-hybridized carbons (Fsp3) is 0.208. The largest absolute Gasteiger partial charge is 0.485 e. The summed E-state index contributed by atoms with van der Waals surface area (Å²) in [5, 5.41) is 8.50. The monoisotopic (exact) mass is 477 g/mol. The standard InChI is InChI=1S/C24H24ClN7O2/c1-24(2,3)32-23(30-21-12-27-8-9-28-21)18(13-33)22(31-32)15-4-7-19(26)20(10-15)34-14-17-6-5-16(25)11-29-17/h4-13H,14,26H2,1-3H3,(H,28,30). The molecule has 0 atom stereocenters. The Labute approximate surface area is 202 Å². The lowest BCUT2D eigenvalue weighted by atomic mass is 10.1. The summed E-state index contributed by atoms with van der Waals surface area (Å²) in [6, 6.07) is 8.81. The Hall–Kier alpha value is -3.98. The van der Waals surface area contributed by atoms with Crippen LogP contribution in [0.3, 0.4) is 0 Å². The Morgan fingerprint density at radius 2 is 1.97 bits per heavy atom. The highest BCUT2D eigenvalue weighted by molar-refractivity contribution is 6.30. The minimum absolute atomic E-state index is 0.210. The topological polar surface area (TPSA) is 121 Å². The number of aromatic nitrogens is 5. The third kappa shape index (κ3) is 4.99. The molecule has 0 aliphatic heterocycles. The van der Waals surface area contributed by atoms with Gasteiger partial charge in [0.1, 0.15) is 29.7 Å². The molecule has 3 aromatic heterocycles. The van der Waals surface area contributed by atoms with Gasteiger partial charge in [0.2, 0.25) is 0 Å². The number of ether oxygens (including phenoxy) is 1. The molecule has 0 aliphatic carbocycles. The van der Waals surface area contributed by atoms with E-state index in [1.54, 1.807) is 59.8 Å². The summed E-state index contributed by atoms with van der Waals surface area (Å²) in [5.41, 5.74) is 8.44. The van der Waals surface area contributed by atoms with Crippen LogP contribution in [0.2, 0.25) is 5.02 Å². The van der Waals surface area contributed by atoms with Crippen molar-refractivity contribution < 1.29 is 9.53 Å². The number of hydrogen-bond acceptors (Lipinski definition) is 8. The number of nitrogen functional groups attached to an aromatic ring is 1. The van der Waals surface area contributed by atoms with Crippen LogP contribution in [0.15, 0.2) is 55.1 Å². The number of nitrogens with two attached hydrogens (primary N) is 1. The SMILES string of the molecule is CC(C)(C)n1nc(-c2ccc(N)c(OCc3ccc(Cl)cn3)c2)c(C=O)c1Nc1cnccn1. The van der Waals surface area contributed by atoms with Crippen LogP contribution >= 0.6 is 11.6 Å². The predicted molar refractivity (Wildman–Crippen MR) is 131 cm³/mol. The van der Waals surface area contributed by atoms with Crippen LogP contribution in [0.25, 0.3) is 11.3 Å². The Balaban J connectivity index is 1.72. The second-order valence-electron chi connectivity index (χ2n) is 8.54. The van der Waals surface area contributed by atoms with Crippen LogP contribution in [0.1, 0.15) is 36.8 Å². The molecule has 10 heteroatoms. The van der Waals surface area contributed by atoms with Gasteiger partial charge >= 0.3 is 0 Å². The summed E-state index contributed by atoms with van der Waals surface area (Å²) in [6.07, 6.45) is 7.06. The van der Waals surface area contributed by atoms with Crippen molar-refractivity contribution in [3.05, 3.63) is 71.4 Å². The molecule has 0 unspecified atom stereocenters. The first-order chi connectivity index (χ1) is 16.3. The Morgan fingerprint density at radius 3 is 2.62 bits per heavy atom. The predicted octanol–water partition coefficient (Wildman–Crippen LogP) is 4.86. The average Bonchev–Trinajstić information content (AvgIpc) is 3.19. The number of carbonyl (C=O) groups excluding carboxylic acids is 1. The molecular formula is C24H24ClN7O2. The molecule has 0 fully saturated rings. The second kappa shape index (κ2) is 9.48. The van der Waals surface area contributed by atoms with Gasteiger partial charge in [0.25, 0.3) is 0 Å². The molecule has 174 valence electrons. The van der Waals surface area contributed by atoms with E-state index in [0.29, 0.717) is 50.6 Å². The molecule has 1 aromatic carbocycles. The second-order valence-corrected chi connectivity index (χ2v) is 8.97. The molecule has 0 saturated heterocycles. The molecule has 3 heterocycles. The molecule has 0 saturated carbocycles. The van der Waals surface area contributed by atoms with E-state index in [4.69, 9.17) is 27.2 Å². The van der Waals surface area contributed by atoms with E-state index in [9.17, 15) is 4.79 Å². The molecule has 34 heavy (non-hydrogen) atoms. The lowest BCUT2D eigenvalue weighted by Crippen LogP contribution is -2.25. The number of benzene rings is 1. The van der Waals surface area contributed by atoms with E-state index >= 15 is 0 Å². The van der Waals surface area contributed by atoms with Gasteiger partial charge in [-0.15, -0.1) is 0 Å². The average molecular weight is 478 g/mol. The highest BCUT2D eigenvalue weighted by Gasteiger charge is 2.26. The van der Waals surface area contributed by atoms with Crippen molar-refractivity contribution in [2.75, 3.05) is 11.1 Å². The lowest BCUT2D eigenvalue weighted by molar-refractivity contribution is 0.112. The van der Waals surface area contributed by atoms with E-state index in [0.717, 1.165) is 6.29 Å². The Morgan fingerprint density at radius 1 is 1.15 bits per heavy atom. The summed E-state index contributed by atoms with van der Waals surface area (Å²) < 4.78 is 7.67. The summed E-state index contributed by atoms with van der Waals surface area (Å²) in [5.74, 6) is 1.47. The van der Waals surface area contributed by atoms with E-state index in [-0.39, 0.29) is 6.61 Å². The fourth-order valence-corrected chi connectivity index (χ4v) is 3.41. The van der Waals surface area contributed by atoms with E-state index < -0.39 is 5.54 Å². The van der Waals surface area contributed by atoms with Gasteiger partial charge < -0.3 is 15.8 Å². The number of anilines is 3. The molecule has 0 bridgehead atoms. The van der Waals surface area contributed by atoms with Crippen molar-refractivity contribution in [3.8, 4) is 17.0 Å². The smallest absolute Gasteiger partial charge is 0.156 e. The number of halogens is 1. The van der Waals surface area contributed by atoms with E-state index in [1.165, 1.54) is 0 Å². The molecule has 9 nitrogen and oxygen atoms in total. The molecule has 3 N–H and O–H groups in total. The van der Waals surface area contributed by atoms with Crippen LogP contribution < -0.4 is 15.8 Å². The van der Waals surface area contributed by atoms with Crippen LogP contribution in [0.4, 0.5) is 17.3 Å². The number of nitrogens with zero attached hydrogens (tertiary/aromatic N) is 5. The zero-order valence-corrected chi connectivity index (χ0v) is 19.7. The summed E-state index contributed by atoms with van der Waals surface area (Å²) in [7, 11) is 0. The van der Waals surface area contributed by atoms with Gasteiger partial charge in [0, 0.05) is 24.2 Å². The quantitative estimate of drug-likeness (QED) is 0.286. The van der Waals surface area contributed by atoms with Crippen molar-refractivity contribution >= 4 is 35.2 Å². The number of nitrogens with one attached hydrogen (secondary N) is 1. The van der Waals surface area contributed by atoms with Crippen LogP contribution in [0.5, 0.6) is 5.75 Å². The van der Waals surface area contributed by atoms with Gasteiger partial charge in [-0.1, -0.05) is 17.7 Å². The normalized spacial score (nSPS) is 11.3. The van der Waals surface area contributed by atoms with Crippen molar-refractivity contribution in [1.82, 2.24) is 24.7 Å². The number of pyridine rings is 1. The Kier molecular flexibility index (Phi) is 6.47. The van der Waals surface area contributed by atoms with Crippen LogP contribution in [-0.4, -0.2) is 31.0 Å². The first-order valence-electron chi connectivity index (χ1n) is 10.5. The highest BCUT2D eigenvalue weighted by atomic mass is 35.5. The van der Waals surface area contributed by atoms with E-state index in [2.05, 4.69) is 20.3 Å². The summed E-state index contributed by atoms with van der Waals surface area (Å²) in [4.78, 5) is 24.8. The zero-order chi connectivity index (χ0) is 24.3. The van der Waals surface area contributed by atoms with E-state index in [1.807, 2.05) is 20.8 Å². The first-order valence-corrected chi connectivity index (χ1v) is 10.9. The Bertz CT molecular complexity index is 1300. The van der Waals surface area contributed by atoms with Crippen molar-refractivity contribution in [1.29, 1.82) is 0 Å². The molecule has 0 spiro atoms. The third-order valence-corrected chi connectivity index (χ3v) is 5.16. The third-order valence-electron chi connectivity index (χ3n) is 4.94. The van der Waals surface area contributed by atoms with Gasteiger partial charge in [0.05, 0.1) is 33.7 Å². The fourth-order valence-electron chi connectivity index (χ4n) is 3.30. The maximum atomic E-state index is 12.2. The van der Waals surface area contributed by atoms with Crippen molar-refractivity contribution in [2.24, 2.45) is 0 Å². The number of carbonyl (C=O) groups is 1. The maximum Gasteiger partial charge on any atom is 0.156 e. The minimum atomic E-state index is -0.423. The van der Waals surface area contributed by atoms with Gasteiger partial charge in [0.15, 0.2) is 6.29 Å². The van der Waals surface area contributed by atoms with Crippen molar-refractivity contribution in [2.45, 2.75) is 32.9 Å². The van der Waals surface area contributed by atoms with Crippen molar-refractivity contribution in [3.63, 3.8) is 0 Å². The minimum Gasteiger partial charge on any atom is -0.485 e. The number of rotatable bonds is 7. The molecule has 0 amide bonds. The lowest BCUT2D eigenvalue weighted by Gasteiger charge is -2.22. The van der Waals surface area contributed by atoms with Crippen LogP contribution in [-0.2, 0) is 12.1 Å². The number of aldehydes is 1. The molecule has 0 radical (unpaired) electrons. The first kappa shape index (κ1) is 23.2. The molecule has 0 aliphatic rings. The summed E-state index contributed by atoms with van der Waals surface area (Å²) in [6.45, 7) is 6.20. The van der Waals surface area contributed by atoms with Gasteiger partial charge in [-0.25, -0.2) is 9.67 Å². The maximum absolute atomic E-state index is 12.2. The molecule has 4 aromatic rings. The number of hydrogen-bond donors (Lipinski definition) is 2. The van der Waals surface area contributed by atoms with Gasteiger partial charge in [-0.2, -0.15) is 5.10 Å². The zero-order valence-electron chi connectivity index (χ0n) is 19.0. The van der Waals surface area contributed by atoms with Gasteiger partial charge in [-0.05, 0) is 45.0 Å². The summed E-state index contributed by atoms with van der Waals surface area (Å²) >= 11 is 5.90. The molecular weight excluding hydrogens is 454 g/mol. The molecule has 4 rings (SSSR count).